The number of benzene rings is 1. The summed E-state index contributed by atoms with van der Waals surface area (Å²) in [6, 6.07) is 3.08. The van der Waals surface area contributed by atoms with E-state index in [4.69, 9.17) is 33.7 Å². The molecule has 0 bridgehead atoms. The van der Waals surface area contributed by atoms with Crippen molar-refractivity contribution in [1.82, 2.24) is 0 Å². The number of nitrogens with two attached hydrogens (primary N) is 1. The van der Waals surface area contributed by atoms with Gasteiger partial charge in [-0.2, -0.15) is 0 Å². The summed E-state index contributed by atoms with van der Waals surface area (Å²) in [5.74, 6) is -0.849. The van der Waals surface area contributed by atoms with Gasteiger partial charge in [0.25, 0.3) is 11.8 Å². The van der Waals surface area contributed by atoms with Crippen LogP contribution in [0.25, 0.3) is 0 Å². The molecule has 0 saturated carbocycles. The molecule has 3 rings (SSSR count). The van der Waals surface area contributed by atoms with E-state index >= 15 is 0 Å². The zero-order valence-electron chi connectivity index (χ0n) is 13.4. The van der Waals surface area contributed by atoms with Gasteiger partial charge in [-0.05, 0) is 43.4 Å². The van der Waals surface area contributed by atoms with E-state index in [9.17, 15) is 9.59 Å². The van der Waals surface area contributed by atoms with E-state index < -0.39 is 11.8 Å². The summed E-state index contributed by atoms with van der Waals surface area (Å²) in [6.45, 7) is 0. The molecule has 2 aromatic rings. The van der Waals surface area contributed by atoms with E-state index in [1.165, 1.54) is 24.5 Å². The van der Waals surface area contributed by atoms with Gasteiger partial charge in [0.1, 0.15) is 10.6 Å². The van der Waals surface area contributed by atoms with Crippen LogP contribution in [0.3, 0.4) is 0 Å². The number of carbonyl (C=O) groups is 2. The molecule has 5 nitrogen and oxygen atoms in total. The summed E-state index contributed by atoms with van der Waals surface area (Å²) in [4.78, 5) is 25.8. The SMILES string of the molecule is COc1c(Cl)ccc(Cl)c1C(=O)Nc1sc2c(c1C(N)=O)CCCC2. The topological polar surface area (TPSA) is 81.4 Å². The Bertz CT molecular complexity index is 864. The number of ether oxygens (including phenoxy) is 1. The summed E-state index contributed by atoms with van der Waals surface area (Å²) in [7, 11) is 1.41. The zero-order chi connectivity index (χ0) is 18.1. The lowest BCUT2D eigenvalue weighted by Gasteiger charge is -2.13. The van der Waals surface area contributed by atoms with Crippen LogP contribution in [0.15, 0.2) is 12.1 Å². The lowest BCUT2D eigenvalue weighted by Crippen LogP contribution is -2.19. The minimum absolute atomic E-state index is 0.124. The van der Waals surface area contributed by atoms with Gasteiger partial charge >= 0.3 is 0 Å². The van der Waals surface area contributed by atoms with Crippen molar-refractivity contribution < 1.29 is 14.3 Å². The van der Waals surface area contributed by atoms with Crippen molar-refractivity contribution in [2.24, 2.45) is 5.73 Å². The molecule has 1 aliphatic rings. The molecule has 1 aromatic heterocycles. The molecule has 1 heterocycles. The maximum atomic E-state index is 12.8. The first-order valence-corrected chi connectivity index (χ1v) is 9.29. The molecule has 2 amide bonds. The molecule has 0 fully saturated rings. The van der Waals surface area contributed by atoms with E-state index in [0.29, 0.717) is 10.6 Å². The van der Waals surface area contributed by atoms with Crippen LogP contribution in [-0.2, 0) is 12.8 Å². The number of hydrogen-bond acceptors (Lipinski definition) is 4. The average Bonchev–Trinajstić information content (AvgIpc) is 2.94. The Morgan fingerprint density at radius 1 is 1.16 bits per heavy atom. The van der Waals surface area contributed by atoms with Crippen molar-refractivity contribution in [3.05, 3.63) is 43.7 Å². The second kappa shape index (κ2) is 7.23. The van der Waals surface area contributed by atoms with Gasteiger partial charge in [-0.3, -0.25) is 9.59 Å². The Labute approximate surface area is 159 Å². The van der Waals surface area contributed by atoms with Gasteiger partial charge in [-0.25, -0.2) is 0 Å². The number of halogens is 2. The summed E-state index contributed by atoms with van der Waals surface area (Å²) in [5.41, 5.74) is 7.02. The largest absolute Gasteiger partial charge is 0.494 e. The Morgan fingerprint density at radius 2 is 1.84 bits per heavy atom. The van der Waals surface area contributed by atoms with Gasteiger partial charge in [-0.1, -0.05) is 23.2 Å². The van der Waals surface area contributed by atoms with Crippen LogP contribution in [0.2, 0.25) is 10.0 Å². The number of amides is 2. The second-order valence-corrected chi connectivity index (χ2v) is 7.59. The van der Waals surface area contributed by atoms with E-state index in [1.54, 1.807) is 6.07 Å². The number of fused-ring (bicyclic) bond motifs is 1. The Kier molecular flexibility index (Phi) is 5.22. The number of nitrogens with one attached hydrogen (secondary N) is 1. The third-order valence-corrected chi connectivity index (χ3v) is 5.95. The van der Waals surface area contributed by atoms with Gasteiger partial charge in [-0.15, -0.1) is 11.3 Å². The van der Waals surface area contributed by atoms with Crippen molar-refractivity contribution >= 4 is 51.4 Å². The maximum absolute atomic E-state index is 12.8. The molecule has 3 N–H and O–H groups in total. The highest BCUT2D eigenvalue weighted by Gasteiger charge is 2.27. The summed E-state index contributed by atoms with van der Waals surface area (Å²) in [6.07, 6.45) is 3.75. The van der Waals surface area contributed by atoms with Crippen molar-refractivity contribution in [3.8, 4) is 5.75 Å². The van der Waals surface area contributed by atoms with Crippen LogP contribution in [0.5, 0.6) is 5.75 Å². The van der Waals surface area contributed by atoms with Crippen LogP contribution >= 0.6 is 34.5 Å². The van der Waals surface area contributed by atoms with Gasteiger partial charge in [0.2, 0.25) is 0 Å². The molecule has 0 atom stereocenters. The van der Waals surface area contributed by atoms with Gasteiger partial charge < -0.3 is 15.8 Å². The second-order valence-electron chi connectivity index (χ2n) is 5.67. The Morgan fingerprint density at radius 3 is 2.52 bits per heavy atom. The summed E-state index contributed by atoms with van der Waals surface area (Å²) >= 11 is 13.6. The normalized spacial score (nSPS) is 13.2. The molecule has 0 spiro atoms. The molecule has 0 saturated heterocycles. The first-order chi connectivity index (χ1) is 11.9. The minimum atomic E-state index is -0.543. The lowest BCUT2D eigenvalue weighted by molar-refractivity contribution is 0.100. The lowest BCUT2D eigenvalue weighted by atomic mass is 9.95. The number of thiophene rings is 1. The zero-order valence-corrected chi connectivity index (χ0v) is 15.8. The Hall–Kier alpha value is -1.76. The van der Waals surface area contributed by atoms with Crippen LogP contribution < -0.4 is 15.8 Å². The molecule has 8 heteroatoms. The average molecular weight is 399 g/mol. The quantitative estimate of drug-likeness (QED) is 0.805. The molecule has 0 unspecified atom stereocenters. The van der Waals surface area contributed by atoms with Crippen molar-refractivity contribution in [3.63, 3.8) is 0 Å². The highest BCUT2D eigenvalue weighted by molar-refractivity contribution is 7.17. The van der Waals surface area contributed by atoms with Crippen LogP contribution in [-0.4, -0.2) is 18.9 Å². The van der Waals surface area contributed by atoms with Crippen molar-refractivity contribution in [1.29, 1.82) is 0 Å². The number of anilines is 1. The van der Waals surface area contributed by atoms with Crippen LogP contribution in [0.1, 0.15) is 44.0 Å². The molecular formula is C17H16Cl2N2O3S. The fourth-order valence-electron chi connectivity index (χ4n) is 3.02. The Balaban J connectivity index is 2.01. The van der Waals surface area contributed by atoms with Gasteiger partial charge in [0, 0.05) is 4.88 Å². The third-order valence-electron chi connectivity index (χ3n) is 4.13. The number of methoxy groups -OCH3 is 1. The van der Waals surface area contributed by atoms with Crippen molar-refractivity contribution in [2.45, 2.75) is 25.7 Å². The highest BCUT2D eigenvalue weighted by Crippen LogP contribution is 2.39. The molecule has 25 heavy (non-hydrogen) atoms. The monoisotopic (exact) mass is 398 g/mol. The number of rotatable bonds is 4. The molecule has 132 valence electrons. The highest BCUT2D eigenvalue weighted by atomic mass is 35.5. The molecule has 1 aliphatic carbocycles. The number of aryl methyl sites for hydroxylation is 1. The number of carbonyl (C=O) groups excluding carboxylic acids is 2. The predicted octanol–water partition coefficient (Wildman–Crippen LogP) is 4.29. The molecule has 0 radical (unpaired) electrons. The first-order valence-electron chi connectivity index (χ1n) is 7.71. The van der Waals surface area contributed by atoms with Crippen LogP contribution in [0.4, 0.5) is 5.00 Å². The van der Waals surface area contributed by atoms with Crippen molar-refractivity contribution in [2.75, 3.05) is 12.4 Å². The van der Waals surface area contributed by atoms with Gasteiger partial charge in [0.15, 0.2) is 5.75 Å². The van der Waals surface area contributed by atoms with Gasteiger partial charge in [0.05, 0.1) is 22.7 Å². The van der Waals surface area contributed by atoms with E-state index in [1.807, 2.05) is 0 Å². The molecule has 1 aromatic carbocycles. The molecular weight excluding hydrogens is 383 g/mol. The minimum Gasteiger partial charge on any atom is -0.494 e. The van der Waals surface area contributed by atoms with Crippen LogP contribution in [0, 0.1) is 0 Å². The predicted molar refractivity (Wildman–Crippen MR) is 100 cm³/mol. The van der Waals surface area contributed by atoms with E-state index in [2.05, 4.69) is 5.32 Å². The number of hydrogen-bond donors (Lipinski definition) is 2. The fourth-order valence-corrected chi connectivity index (χ4v) is 4.78. The third kappa shape index (κ3) is 3.34. The van der Waals surface area contributed by atoms with E-state index in [0.717, 1.165) is 36.1 Å². The maximum Gasteiger partial charge on any atom is 0.261 e. The summed E-state index contributed by atoms with van der Waals surface area (Å²) in [5, 5.41) is 3.70. The number of primary amides is 1. The standard InChI is InChI=1S/C17H16Cl2N2O3S/c1-24-14-10(19)7-6-9(18)13(14)16(23)21-17-12(15(20)22)8-4-2-3-5-11(8)25-17/h6-7H,2-5H2,1H3,(H2,20,22)(H,21,23). The smallest absolute Gasteiger partial charge is 0.261 e. The molecule has 0 aliphatic heterocycles. The summed E-state index contributed by atoms with van der Waals surface area (Å²) < 4.78 is 5.21. The fraction of sp³-hybridized carbons (Fsp3) is 0.294. The first kappa shape index (κ1) is 18.0. The van der Waals surface area contributed by atoms with E-state index in [-0.39, 0.29) is 21.4 Å².